The molecule has 0 atom stereocenters. The number of carbonyl (C=O) groups is 1. The molecule has 0 bridgehead atoms. The van der Waals surface area contributed by atoms with Gasteiger partial charge in [0, 0.05) is 36.3 Å². The second kappa shape index (κ2) is 9.87. The van der Waals surface area contributed by atoms with Crippen LogP contribution in [0.4, 0.5) is 8.78 Å². The maximum absolute atomic E-state index is 15.3. The van der Waals surface area contributed by atoms with E-state index < -0.39 is 17.5 Å². The van der Waals surface area contributed by atoms with Gasteiger partial charge in [-0.25, -0.2) is 8.78 Å². The normalized spacial score (nSPS) is 10.9. The van der Waals surface area contributed by atoms with Gasteiger partial charge in [0.2, 0.25) is 0 Å². The molecule has 2 aromatic heterocycles. The number of benzene rings is 2. The largest absolute Gasteiger partial charge is 0.493 e. The monoisotopic (exact) mass is 477 g/mol. The number of pyridine rings is 1. The van der Waals surface area contributed by atoms with Crippen LogP contribution in [0.5, 0.6) is 5.75 Å². The Morgan fingerprint density at radius 3 is 2.74 bits per heavy atom. The van der Waals surface area contributed by atoms with Crippen molar-refractivity contribution in [3.8, 4) is 22.9 Å². The Morgan fingerprint density at radius 2 is 2.03 bits per heavy atom. The van der Waals surface area contributed by atoms with E-state index in [1.165, 1.54) is 17.0 Å². The third kappa shape index (κ3) is 4.67. The van der Waals surface area contributed by atoms with Gasteiger partial charge in [0.15, 0.2) is 0 Å². The van der Waals surface area contributed by atoms with E-state index in [0.29, 0.717) is 22.2 Å². The van der Waals surface area contributed by atoms with Crippen LogP contribution in [0.3, 0.4) is 0 Å². The van der Waals surface area contributed by atoms with Crippen molar-refractivity contribution in [1.29, 1.82) is 5.26 Å². The lowest BCUT2D eigenvalue weighted by Gasteiger charge is -2.20. The summed E-state index contributed by atoms with van der Waals surface area (Å²) in [5.41, 5.74) is 1.93. The van der Waals surface area contributed by atoms with Crippen molar-refractivity contribution in [2.45, 2.75) is 20.1 Å². The van der Waals surface area contributed by atoms with Crippen molar-refractivity contribution in [2.75, 3.05) is 13.7 Å². The van der Waals surface area contributed by atoms with Crippen LogP contribution in [0.15, 0.2) is 42.7 Å². The van der Waals surface area contributed by atoms with Crippen LogP contribution in [-0.2, 0) is 13.2 Å². The molecule has 4 rings (SSSR count). The summed E-state index contributed by atoms with van der Waals surface area (Å²) < 4.78 is 34.9. The Kier molecular flexibility index (Phi) is 6.71. The van der Waals surface area contributed by atoms with E-state index in [9.17, 15) is 14.3 Å². The first-order chi connectivity index (χ1) is 16.9. The molecule has 35 heavy (non-hydrogen) atoms. The zero-order chi connectivity index (χ0) is 25.1. The van der Waals surface area contributed by atoms with Gasteiger partial charge in [-0.15, -0.1) is 0 Å². The summed E-state index contributed by atoms with van der Waals surface area (Å²) in [5.74, 6) is -1.89. The summed E-state index contributed by atoms with van der Waals surface area (Å²) in [4.78, 5) is 18.8. The van der Waals surface area contributed by atoms with Gasteiger partial charge in [0.1, 0.15) is 17.4 Å². The van der Waals surface area contributed by atoms with Gasteiger partial charge in [-0.2, -0.15) is 10.4 Å². The summed E-state index contributed by atoms with van der Waals surface area (Å²) in [6.45, 7) is 1.77. The highest BCUT2D eigenvalue weighted by Gasteiger charge is 2.22. The van der Waals surface area contributed by atoms with Crippen molar-refractivity contribution < 1.29 is 23.4 Å². The molecule has 0 spiro atoms. The van der Waals surface area contributed by atoms with E-state index in [0.717, 1.165) is 18.2 Å². The molecule has 1 amide bonds. The standard InChI is InChI=1S/C25H21F2N5O3/c1-3-35-22-8-16(7-20(27)23(22)15-4-14(9-28)5-18(26)6-15)25(34)32(2)12-17-10-29-21(13-33)19-11-30-31-24(17)19/h4-8,10-11,33H,3,12-13H2,1-2H3,(H,30,31). The molecule has 8 nitrogen and oxygen atoms in total. The van der Waals surface area contributed by atoms with E-state index >= 15 is 4.39 Å². The van der Waals surface area contributed by atoms with Crippen LogP contribution >= 0.6 is 0 Å². The number of amides is 1. The number of H-pyrrole nitrogens is 1. The van der Waals surface area contributed by atoms with E-state index in [4.69, 9.17) is 10.00 Å². The van der Waals surface area contributed by atoms with E-state index in [-0.39, 0.29) is 47.8 Å². The number of nitrogens with zero attached hydrogens (tertiary/aromatic N) is 4. The fourth-order valence-electron chi connectivity index (χ4n) is 3.89. The molecule has 0 aliphatic rings. The average molecular weight is 477 g/mol. The van der Waals surface area contributed by atoms with Gasteiger partial charge in [0.05, 0.1) is 47.8 Å². The lowest BCUT2D eigenvalue weighted by molar-refractivity contribution is 0.0784. The van der Waals surface area contributed by atoms with Crippen LogP contribution in [0.1, 0.15) is 34.1 Å². The minimum absolute atomic E-state index is 0.0349. The molecule has 2 N–H and O–H groups in total. The number of hydrogen-bond donors (Lipinski definition) is 2. The zero-order valence-electron chi connectivity index (χ0n) is 19.0. The molecule has 10 heteroatoms. The lowest BCUT2D eigenvalue weighted by atomic mass is 9.99. The number of rotatable bonds is 7. The Bertz CT molecular complexity index is 1460. The number of aliphatic hydroxyl groups is 1. The molecule has 0 saturated heterocycles. The minimum Gasteiger partial charge on any atom is -0.493 e. The molecule has 0 fully saturated rings. The summed E-state index contributed by atoms with van der Waals surface area (Å²) in [6.07, 6.45) is 3.09. The molecule has 0 aliphatic carbocycles. The zero-order valence-corrected chi connectivity index (χ0v) is 19.0. The average Bonchev–Trinajstić information content (AvgIpc) is 3.34. The Hall–Kier alpha value is -4.36. The predicted octanol–water partition coefficient (Wildman–Crippen LogP) is 3.94. The number of nitriles is 1. The Labute approximate surface area is 199 Å². The molecule has 0 aliphatic heterocycles. The summed E-state index contributed by atoms with van der Waals surface area (Å²) in [5, 5.41) is 26.1. The first kappa shape index (κ1) is 23.8. The van der Waals surface area contributed by atoms with Crippen LogP contribution in [0.25, 0.3) is 22.0 Å². The highest BCUT2D eigenvalue weighted by atomic mass is 19.1. The molecule has 0 radical (unpaired) electrons. The highest BCUT2D eigenvalue weighted by molar-refractivity contribution is 5.96. The lowest BCUT2D eigenvalue weighted by Crippen LogP contribution is -2.26. The molecule has 2 heterocycles. The fourth-order valence-corrected chi connectivity index (χ4v) is 3.89. The number of fused-ring (bicyclic) bond motifs is 1. The van der Waals surface area contributed by atoms with Crippen LogP contribution in [0, 0.1) is 23.0 Å². The second-order valence-electron chi connectivity index (χ2n) is 7.81. The van der Waals surface area contributed by atoms with Gasteiger partial charge in [-0.1, -0.05) is 0 Å². The number of aromatic nitrogens is 3. The van der Waals surface area contributed by atoms with Crippen molar-refractivity contribution in [1.82, 2.24) is 20.1 Å². The number of ether oxygens (including phenoxy) is 1. The van der Waals surface area contributed by atoms with Gasteiger partial charge in [-0.3, -0.25) is 14.9 Å². The third-order valence-corrected chi connectivity index (χ3v) is 5.47. The Morgan fingerprint density at radius 1 is 1.23 bits per heavy atom. The maximum Gasteiger partial charge on any atom is 0.254 e. The molecule has 0 unspecified atom stereocenters. The number of aliphatic hydroxyl groups excluding tert-OH is 1. The van der Waals surface area contributed by atoms with Crippen molar-refractivity contribution in [3.63, 3.8) is 0 Å². The number of nitrogens with one attached hydrogen (secondary N) is 1. The molecular weight excluding hydrogens is 456 g/mol. The third-order valence-electron chi connectivity index (χ3n) is 5.47. The number of aromatic amines is 1. The van der Waals surface area contributed by atoms with Gasteiger partial charge in [-0.05, 0) is 42.8 Å². The van der Waals surface area contributed by atoms with E-state index in [1.807, 2.05) is 6.07 Å². The molecule has 178 valence electrons. The SMILES string of the molecule is CCOc1cc(C(=O)N(C)Cc2cnc(CO)c3cn[nH]c23)cc(F)c1-c1cc(F)cc(C#N)c1. The molecule has 0 saturated carbocycles. The molecule has 4 aromatic rings. The van der Waals surface area contributed by atoms with Crippen LogP contribution < -0.4 is 4.74 Å². The van der Waals surface area contributed by atoms with E-state index in [2.05, 4.69) is 15.2 Å². The Balaban J connectivity index is 1.69. The van der Waals surface area contributed by atoms with Crippen molar-refractivity contribution >= 4 is 16.8 Å². The highest BCUT2D eigenvalue weighted by Crippen LogP contribution is 2.35. The maximum atomic E-state index is 15.3. The summed E-state index contributed by atoms with van der Waals surface area (Å²) in [7, 11) is 1.56. The summed E-state index contributed by atoms with van der Waals surface area (Å²) in [6, 6.07) is 7.82. The predicted molar refractivity (Wildman–Crippen MR) is 123 cm³/mol. The van der Waals surface area contributed by atoms with Crippen molar-refractivity contribution in [3.05, 3.63) is 76.7 Å². The van der Waals surface area contributed by atoms with Crippen molar-refractivity contribution in [2.24, 2.45) is 0 Å². The second-order valence-corrected chi connectivity index (χ2v) is 7.81. The van der Waals surface area contributed by atoms with Crippen LogP contribution in [0.2, 0.25) is 0 Å². The number of halogens is 2. The number of hydrogen-bond acceptors (Lipinski definition) is 6. The first-order valence-electron chi connectivity index (χ1n) is 10.7. The molecular formula is C25H21F2N5O3. The topological polar surface area (TPSA) is 115 Å². The molecule has 2 aromatic carbocycles. The van der Waals surface area contributed by atoms with Gasteiger partial charge in [0.25, 0.3) is 5.91 Å². The number of carbonyl (C=O) groups excluding carboxylic acids is 1. The summed E-state index contributed by atoms with van der Waals surface area (Å²) >= 11 is 0. The van der Waals surface area contributed by atoms with Gasteiger partial charge < -0.3 is 14.7 Å². The quantitative estimate of drug-likeness (QED) is 0.417. The van der Waals surface area contributed by atoms with Gasteiger partial charge >= 0.3 is 0 Å². The smallest absolute Gasteiger partial charge is 0.254 e. The van der Waals surface area contributed by atoms with Crippen LogP contribution in [-0.4, -0.2) is 44.7 Å². The fraction of sp³-hybridized carbons (Fsp3) is 0.200. The van der Waals surface area contributed by atoms with E-state index in [1.54, 1.807) is 26.4 Å². The minimum atomic E-state index is -0.785. The first-order valence-corrected chi connectivity index (χ1v) is 10.7.